The van der Waals surface area contributed by atoms with Gasteiger partial charge in [0.05, 0.1) is 22.9 Å². The molecule has 160 valence electrons. The third kappa shape index (κ3) is 3.96. The summed E-state index contributed by atoms with van der Waals surface area (Å²) in [4.78, 5) is 29.0. The van der Waals surface area contributed by atoms with Gasteiger partial charge in [0.25, 0.3) is 11.6 Å². The lowest BCUT2D eigenvalue weighted by atomic mass is 9.98. The van der Waals surface area contributed by atoms with Gasteiger partial charge in [-0.1, -0.05) is 6.92 Å². The number of nitro groups is 1. The molecule has 2 aliphatic rings. The maximum Gasteiger partial charge on any atom is 0.295 e. The third-order valence-corrected chi connectivity index (χ3v) is 6.00. The minimum absolute atomic E-state index is 0.198. The predicted molar refractivity (Wildman–Crippen MR) is 110 cm³/mol. The van der Waals surface area contributed by atoms with Crippen molar-refractivity contribution in [2.24, 2.45) is 5.92 Å². The molecule has 0 aliphatic carbocycles. The van der Waals surface area contributed by atoms with Crippen molar-refractivity contribution in [2.45, 2.75) is 19.8 Å². The molecular formula is C21H25FN4O4. The quantitative estimate of drug-likeness (QED) is 0.560. The number of amides is 1. The van der Waals surface area contributed by atoms with E-state index in [4.69, 9.17) is 4.42 Å². The normalized spacial score (nSPS) is 18.0. The molecule has 2 fully saturated rings. The number of carbonyl (C=O) groups excluding carboxylic acids is 1. The van der Waals surface area contributed by atoms with E-state index in [1.54, 1.807) is 23.1 Å². The number of nitro benzene ring substituents is 1. The van der Waals surface area contributed by atoms with Crippen LogP contribution < -0.4 is 9.80 Å². The minimum atomic E-state index is -0.563. The van der Waals surface area contributed by atoms with E-state index >= 15 is 0 Å². The van der Waals surface area contributed by atoms with E-state index in [1.165, 1.54) is 6.26 Å². The zero-order valence-corrected chi connectivity index (χ0v) is 16.9. The van der Waals surface area contributed by atoms with Crippen molar-refractivity contribution in [3.63, 3.8) is 0 Å². The Kier molecular flexibility index (Phi) is 5.61. The number of hydrogen-bond donors (Lipinski definition) is 0. The summed E-state index contributed by atoms with van der Waals surface area (Å²) in [6.45, 7) is 5.32. The Morgan fingerprint density at radius 1 is 1.10 bits per heavy atom. The molecule has 4 rings (SSSR count). The van der Waals surface area contributed by atoms with Crippen LogP contribution in [0.3, 0.4) is 0 Å². The van der Waals surface area contributed by atoms with Crippen LogP contribution in [0.5, 0.6) is 0 Å². The lowest BCUT2D eigenvalue weighted by Crippen LogP contribution is -2.49. The first-order valence-corrected chi connectivity index (χ1v) is 10.2. The second kappa shape index (κ2) is 8.33. The Balaban J connectivity index is 1.55. The molecule has 0 bridgehead atoms. The van der Waals surface area contributed by atoms with Crippen LogP contribution in [0.15, 0.2) is 34.9 Å². The highest BCUT2D eigenvalue weighted by Gasteiger charge is 2.30. The number of furan rings is 1. The smallest absolute Gasteiger partial charge is 0.295 e. The summed E-state index contributed by atoms with van der Waals surface area (Å²) in [6.07, 6.45) is 3.40. The molecule has 9 heteroatoms. The van der Waals surface area contributed by atoms with E-state index in [0.29, 0.717) is 43.5 Å². The summed E-state index contributed by atoms with van der Waals surface area (Å²) >= 11 is 0. The number of piperazine rings is 1. The lowest BCUT2D eigenvalue weighted by Gasteiger charge is -2.36. The molecule has 0 radical (unpaired) electrons. The van der Waals surface area contributed by atoms with Gasteiger partial charge < -0.3 is 19.1 Å². The van der Waals surface area contributed by atoms with Crippen molar-refractivity contribution >= 4 is 23.0 Å². The van der Waals surface area contributed by atoms with Crippen LogP contribution in [0.25, 0.3) is 0 Å². The summed E-state index contributed by atoms with van der Waals surface area (Å²) < 4.78 is 19.9. The van der Waals surface area contributed by atoms with Crippen LogP contribution in [0.1, 0.15) is 30.3 Å². The summed E-state index contributed by atoms with van der Waals surface area (Å²) in [5, 5.41) is 11.6. The minimum Gasteiger partial charge on any atom is -0.459 e. The van der Waals surface area contributed by atoms with Gasteiger partial charge in [-0.25, -0.2) is 4.39 Å². The molecule has 3 heterocycles. The highest BCUT2D eigenvalue weighted by Crippen LogP contribution is 2.37. The van der Waals surface area contributed by atoms with Gasteiger partial charge in [0.1, 0.15) is 5.69 Å². The summed E-state index contributed by atoms with van der Waals surface area (Å²) in [5.74, 6) is 0.113. The molecule has 1 aromatic heterocycles. The molecule has 1 amide bonds. The first-order valence-electron chi connectivity index (χ1n) is 10.2. The van der Waals surface area contributed by atoms with Crippen molar-refractivity contribution in [1.82, 2.24) is 4.90 Å². The first-order chi connectivity index (χ1) is 14.4. The fourth-order valence-electron chi connectivity index (χ4n) is 4.14. The van der Waals surface area contributed by atoms with Crippen molar-refractivity contribution < 1.29 is 18.5 Å². The summed E-state index contributed by atoms with van der Waals surface area (Å²) in [6, 6.07) is 5.91. The van der Waals surface area contributed by atoms with Gasteiger partial charge in [0, 0.05) is 39.3 Å². The van der Waals surface area contributed by atoms with Gasteiger partial charge in [0.2, 0.25) is 0 Å². The Hall–Kier alpha value is -3.10. The zero-order valence-electron chi connectivity index (χ0n) is 16.9. The molecule has 2 aliphatic heterocycles. The van der Waals surface area contributed by atoms with Crippen LogP contribution in [0.4, 0.5) is 21.5 Å². The largest absolute Gasteiger partial charge is 0.459 e. The summed E-state index contributed by atoms with van der Waals surface area (Å²) in [5.41, 5.74) is 0.573. The molecule has 0 saturated carbocycles. The number of rotatable bonds is 4. The third-order valence-electron chi connectivity index (χ3n) is 6.00. The Bertz CT molecular complexity index is 917. The first kappa shape index (κ1) is 20.2. The van der Waals surface area contributed by atoms with Gasteiger partial charge in [-0.3, -0.25) is 14.9 Å². The number of halogens is 1. The molecular weight excluding hydrogens is 391 g/mol. The van der Waals surface area contributed by atoms with E-state index in [9.17, 15) is 19.3 Å². The predicted octanol–water partition coefficient (Wildman–Crippen LogP) is 3.53. The van der Waals surface area contributed by atoms with E-state index in [0.717, 1.165) is 32.0 Å². The van der Waals surface area contributed by atoms with E-state index in [2.05, 4.69) is 6.92 Å². The number of anilines is 2. The number of piperidine rings is 1. The Morgan fingerprint density at radius 2 is 1.77 bits per heavy atom. The SMILES string of the molecule is CC1CCN(c2cc(N3CCN(C(=O)c4ccco4)CC3)c([N+](=O)[O-])cc2F)CC1. The molecule has 2 aromatic rings. The fourth-order valence-corrected chi connectivity index (χ4v) is 4.14. The van der Waals surface area contributed by atoms with Gasteiger partial charge >= 0.3 is 0 Å². The molecule has 2 saturated heterocycles. The van der Waals surface area contributed by atoms with Crippen molar-refractivity contribution in [3.05, 3.63) is 52.2 Å². The van der Waals surface area contributed by atoms with Crippen LogP contribution in [-0.2, 0) is 0 Å². The Labute approximate surface area is 174 Å². The van der Waals surface area contributed by atoms with Crippen LogP contribution in [0.2, 0.25) is 0 Å². The van der Waals surface area contributed by atoms with E-state index in [1.807, 2.05) is 9.80 Å². The molecule has 0 unspecified atom stereocenters. The second-order valence-corrected chi connectivity index (χ2v) is 7.98. The monoisotopic (exact) mass is 416 g/mol. The number of nitrogens with zero attached hydrogens (tertiary/aromatic N) is 4. The number of carbonyl (C=O) groups is 1. The van der Waals surface area contributed by atoms with Gasteiger partial charge in [0.15, 0.2) is 11.6 Å². The van der Waals surface area contributed by atoms with E-state index < -0.39 is 10.7 Å². The standard InChI is InChI=1S/C21H25FN4O4/c1-15-4-6-23(7-5-15)17-14-18(19(26(28)29)13-16(17)22)24-8-10-25(11-9-24)21(27)20-3-2-12-30-20/h2-3,12-15H,4-11H2,1H3. The van der Waals surface area contributed by atoms with Crippen molar-refractivity contribution in [1.29, 1.82) is 0 Å². The molecule has 0 spiro atoms. The average molecular weight is 416 g/mol. The zero-order chi connectivity index (χ0) is 21.3. The highest BCUT2D eigenvalue weighted by atomic mass is 19.1. The lowest BCUT2D eigenvalue weighted by molar-refractivity contribution is -0.384. The molecule has 8 nitrogen and oxygen atoms in total. The number of benzene rings is 1. The van der Waals surface area contributed by atoms with Crippen LogP contribution in [-0.4, -0.2) is 55.0 Å². The van der Waals surface area contributed by atoms with Crippen LogP contribution >= 0.6 is 0 Å². The van der Waals surface area contributed by atoms with Crippen molar-refractivity contribution in [2.75, 3.05) is 49.1 Å². The topological polar surface area (TPSA) is 83.1 Å². The maximum absolute atomic E-state index is 14.7. The molecule has 0 atom stereocenters. The van der Waals surface area contributed by atoms with Crippen molar-refractivity contribution in [3.8, 4) is 0 Å². The fraction of sp³-hybridized carbons (Fsp3) is 0.476. The van der Waals surface area contributed by atoms with Crippen LogP contribution in [0, 0.1) is 21.8 Å². The molecule has 0 N–H and O–H groups in total. The maximum atomic E-state index is 14.7. The highest BCUT2D eigenvalue weighted by molar-refractivity contribution is 5.91. The van der Waals surface area contributed by atoms with Gasteiger partial charge in [-0.15, -0.1) is 0 Å². The molecule has 30 heavy (non-hydrogen) atoms. The van der Waals surface area contributed by atoms with Gasteiger partial charge in [-0.05, 0) is 37.0 Å². The number of hydrogen-bond acceptors (Lipinski definition) is 6. The summed E-state index contributed by atoms with van der Waals surface area (Å²) in [7, 11) is 0. The second-order valence-electron chi connectivity index (χ2n) is 7.98. The molecule has 1 aromatic carbocycles. The average Bonchev–Trinajstić information content (AvgIpc) is 3.29. The van der Waals surface area contributed by atoms with E-state index in [-0.39, 0.29) is 17.4 Å². The van der Waals surface area contributed by atoms with Gasteiger partial charge in [-0.2, -0.15) is 0 Å². The Morgan fingerprint density at radius 3 is 2.37 bits per heavy atom.